The molecule has 1 aromatic rings. The highest BCUT2D eigenvalue weighted by molar-refractivity contribution is 5.68. The first-order valence-electron chi connectivity index (χ1n) is 9.61. The Balaban J connectivity index is -0.00000156. The monoisotopic (exact) mass is 396 g/mol. The van der Waals surface area contributed by atoms with Gasteiger partial charge < -0.3 is 9.47 Å². The molecule has 1 aromatic carbocycles. The number of rotatable bonds is 9. The molecule has 0 aliphatic heterocycles. The van der Waals surface area contributed by atoms with Crippen LogP contribution in [-0.4, -0.2) is 12.8 Å². The average molecular weight is 397 g/mol. The fraction of sp³-hybridized carbons (Fsp3) is 0.720. The first-order valence-corrected chi connectivity index (χ1v) is 9.61. The maximum absolute atomic E-state index is 11.1. The van der Waals surface area contributed by atoms with Crippen molar-refractivity contribution in [3.63, 3.8) is 0 Å². The molecular formula is C25H48O3. The van der Waals surface area contributed by atoms with Gasteiger partial charge in [0, 0.05) is 6.42 Å². The van der Waals surface area contributed by atoms with Gasteiger partial charge in [0.2, 0.25) is 6.79 Å². The Hall–Kier alpha value is -1.51. The van der Waals surface area contributed by atoms with Gasteiger partial charge in [0.15, 0.2) is 0 Å². The van der Waals surface area contributed by atoms with Crippen LogP contribution in [-0.2, 0) is 9.53 Å². The fourth-order valence-electron chi connectivity index (χ4n) is 3.57. The van der Waals surface area contributed by atoms with E-state index in [2.05, 4.69) is 19.1 Å². The molecule has 0 bridgehead atoms. The van der Waals surface area contributed by atoms with Gasteiger partial charge in [-0.25, -0.2) is 0 Å². The number of unbranched alkanes of at least 4 members (excludes halogenated alkanes) is 2. The van der Waals surface area contributed by atoms with Gasteiger partial charge in [0.05, 0.1) is 0 Å². The summed E-state index contributed by atoms with van der Waals surface area (Å²) in [6.45, 7) is 4.04. The predicted octanol–water partition coefficient (Wildman–Crippen LogP) is 8.37. The predicted molar refractivity (Wildman–Crippen MR) is 124 cm³/mol. The van der Waals surface area contributed by atoms with Crippen LogP contribution in [0.4, 0.5) is 0 Å². The molecule has 0 unspecified atom stereocenters. The summed E-state index contributed by atoms with van der Waals surface area (Å²) in [6, 6.07) is 8.31. The van der Waals surface area contributed by atoms with E-state index in [0.717, 1.165) is 11.7 Å². The number of carbonyl (C=O) groups excluding carboxylic acids is 1. The number of esters is 1. The molecule has 1 saturated carbocycles. The number of ether oxygens (including phenoxy) is 2. The first kappa shape index (κ1) is 31.2. The van der Waals surface area contributed by atoms with Crippen LogP contribution >= 0.6 is 0 Å². The Bertz CT molecular complexity index is 473. The largest absolute Gasteiger partial charge is 0.457 e. The third kappa shape index (κ3) is 10.7. The van der Waals surface area contributed by atoms with Gasteiger partial charge in [-0.1, -0.05) is 81.4 Å². The lowest BCUT2D eigenvalue weighted by atomic mass is 9.77. The number of benzene rings is 1. The second-order valence-corrected chi connectivity index (χ2v) is 6.91. The van der Waals surface area contributed by atoms with Crippen LogP contribution in [0, 0.1) is 5.92 Å². The lowest BCUT2D eigenvalue weighted by molar-refractivity contribution is -0.149. The Morgan fingerprint density at radius 1 is 0.929 bits per heavy atom. The van der Waals surface area contributed by atoms with Crippen LogP contribution in [0.15, 0.2) is 24.3 Å². The van der Waals surface area contributed by atoms with E-state index < -0.39 is 0 Å². The summed E-state index contributed by atoms with van der Waals surface area (Å²) < 4.78 is 10.4. The first-order chi connectivity index (χ1) is 11.7. The molecule has 0 saturated heterocycles. The summed E-state index contributed by atoms with van der Waals surface area (Å²) in [4.78, 5) is 11.1. The van der Waals surface area contributed by atoms with E-state index in [4.69, 9.17) is 9.47 Å². The molecular weight excluding hydrogens is 348 g/mol. The van der Waals surface area contributed by atoms with Gasteiger partial charge in [0.1, 0.15) is 5.75 Å². The minimum absolute atomic E-state index is 0. The van der Waals surface area contributed by atoms with Crippen LogP contribution < -0.4 is 4.74 Å². The van der Waals surface area contributed by atoms with E-state index in [1.165, 1.54) is 56.9 Å². The van der Waals surface area contributed by atoms with E-state index in [9.17, 15) is 4.79 Å². The normalized spacial score (nSPS) is 17.6. The molecule has 28 heavy (non-hydrogen) atoms. The molecule has 1 aliphatic carbocycles. The SMILES string of the molecule is C.C.C.C.CCCCCC1CCC(c2ccc(OCOC(=O)CC)cc2)CC1. The highest BCUT2D eigenvalue weighted by Crippen LogP contribution is 2.38. The van der Waals surface area contributed by atoms with Crippen molar-refractivity contribution in [3.05, 3.63) is 29.8 Å². The van der Waals surface area contributed by atoms with Crippen molar-refractivity contribution in [2.75, 3.05) is 6.79 Å². The highest BCUT2D eigenvalue weighted by atomic mass is 16.7. The van der Waals surface area contributed by atoms with Gasteiger partial charge in [-0.05, 0) is 55.2 Å². The lowest BCUT2D eigenvalue weighted by Gasteiger charge is -2.29. The molecule has 0 spiro atoms. The molecule has 3 heteroatoms. The van der Waals surface area contributed by atoms with Crippen LogP contribution in [0.1, 0.15) is 113 Å². The van der Waals surface area contributed by atoms with E-state index in [0.29, 0.717) is 12.3 Å². The second kappa shape index (κ2) is 17.6. The van der Waals surface area contributed by atoms with Gasteiger partial charge >= 0.3 is 5.97 Å². The van der Waals surface area contributed by atoms with Gasteiger partial charge in [0.25, 0.3) is 0 Å². The van der Waals surface area contributed by atoms with E-state index in [1.807, 2.05) is 12.1 Å². The highest BCUT2D eigenvalue weighted by Gasteiger charge is 2.21. The number of hydrogen-bond donors (Lipinski definition) is 0. The second-order valence-electron chi connectivity index (χ2n) is 6.91. The molecule has 3 nitrogen and oxygen atoms in total. The molecule has 0 amide bonds. The van der Waals surface area contributed by atoms with Crippen molar-refractivity contribution >= 4 is 5.97 Å². The van der Waals surface area contributed by atoms with Crippen LogP contribution in [0.3, 0.4) is 0 Å². The Labute approximate surface area is 176 Å². The van der Waals surface area contributed by atoms with Gasteiger partial charge in [-0.2, -0.15) is 0 Å². The van der Waals surface area contributed by atoms with Crippen molar-refractivity contribution in [1.82, 2.24) is 0 Å². The summed E-state index contributed by atoms with van der Waals surface area (Å²) in [7, 11) is 0. The molecule has 0 aromatic heterocycles. The molecule has 1 fully saturated rings. The Morgan fingerprint density at radius 2 is 1.54 bits per heavy atom. The quantitative estimate of drug-likeness (QED) is 0.239. The zero-order valence-electron chi connectivity index (χ0n) is 15.3. The maximum atomic E-state index is 11.1. The minimum atomic E-state index is -0.234. The van der Waals surface area contributed by atoms with Crippen molar-refractivity contribution in [2.45, 2.75) is 107 Å². The van der Waals surface area contributed by atoms with E-state index in [1.54, 1.807) is 6.92 Å². The lowest BCUT2D eigenvalue weighted by Crippen LogP contribution is -2.13. The maximum Gasteiger partial charge on any atom is 0.308 e. The summed E-state index contributed by atoms with van der Waals surface area (Å²) in [5, 5.41) is 0. The smallest absolute Gasteiger partial charge is 0.308 e. The average Bonchev–Trinajstić information content (AvgIpc) is 2.63. The third-order valence-corrected chi connectivity index (χ3v) is 5.15. The number of carbonyl (C=O) groups is 1. The standard InChI is InChI=1S/C21H32O3.4CH4/c1-3-5-6-7-17-8-10-18(11-9-17)19-12-14-20(15-13-19)23-16-24-21(22)4-2;;;;/h12-15,17-18H,3-11,16H2,1-2H3;4*1H4. The van der Waals surface area contributed by atoms with Gasteiger partial charge in [-0.15, -0.1) is 0 Å². The van der Waals surface area contributed by atoms with Crippen LogP contribution in [0.2, 0.25) is 0 Å². The molecule has 0 radical (unpaired) electrons. The zero-order valence-corrected chi connectivity index (χ0v) is 15.3. The summed E-state index contributed by atoms with van der Waals surface area (Å²) in [6.07, 6.45) is 11.3. The Kier molecular flexibility index (Phi) is 19.6. The van der Waals surface area contributed by atoms with Crippen molar-refractivity contribution in [1.29, 1.82) is 0 Å². The minimum Gasteiger partial charge on any atom is -0.457 e. The van der Waals surface area contributed by atoms with Crippen molar-refractivity contribution < 1.29 is 14.3 Å². The molecule has 166 valence electrons. The topological polar surface area (TPSA) is 35.5 Å². The Morgan fingerprint density at radius 3 is 2.07 bits per heavy atom. The van der Waals surface area contributed by atoms with E-state index in [-0.39, 0.29) is 42.5 Å². The van der Waals surface area contributed by atoms with Crippen molar-refractivity contribution in [2.24, 2.45) is 5.92 Å². The molecule has 0 heterocycles. The molecule has 2 rings (SSSR count). The molecule has 1 aliphatic rings. The van der Waals surface area contributed by atoms with E-state index >= 15 is 0 Å². The zero-order chi connectivity index (χ0) is 17.2. The molecule has 0 N–H and O–H groups in total. The fourth-order valence-corrected chi connectivity index (χ4v) is 3.57. The third-order valence-electron chi connectivity index (χ3n) is 5.15. The summed E-state index contributed by atoms with van der Waals surface area (Å²) in [5.74, 6) is 2.17. The summed E-state index contributed by atoms with van der Waals surface area (Å²) in [5.41, 5.74) is 1.42. The van der Waals surface area contributed by atoms with Crippen LogP contribution in [0.5, 0.6) is 5.75 Å². The van der Waals surface area contributed by atoms with Crippen molar-refractivity contribution in [3.8, 4) is 5.75 Å². The molecule has 0 atom stereocenters. The number of hydrogen-bond acceptors (Lipinski definition) is 3. The van der Waals surface area contributed by atoms with Gasteiger partial charge in [-0.3, -0.25) is 4.79 Å². The van der Waals surface area contributed by atoms with Crippen LogP contribution in [0.25, 0.3) is 0 Å². The summed E-state index contributed by atoms with van der Waals surface area (Å²) >= 11 is 0.